The number of para-hydroxylation sites is 1. The molecule has 1 aromatic rings. The molecule has 0 aliphatic carbocycles. The van der Waals surface area contributed by atoms with Crippen LogP contribution in [0.1, 0.15) is 12.5 Å². The van der Waals surface area contributed by atoms with Crippen molar-refractivity contribution in [2.75, 3.05) is 11.9 Å². The second-order valence-electron chi connectivity index (χ2n) is 3.16. The molecule has 17 heavy (non-hydrogen) atoms. The van der Waals surface area contributed by atoms with E-state index in [1.165, 1.54) is 6.08 Å². The van der Waals surface area contributed by atoms with Gasteiger partial charge in [0.2, 0.25) is 0 Å². The van der Waals surface area contributed by atoms with Crippen LogP contribution in [0.25, 0.3) is 6.08 Å². The topological polar surface area (TPSA) is 64.3 Å². The molecule has 0 saturated carbocycles. The van der Waals surface area contributed by atoms with Gasteiger partial charge in [-0.2, -0.15) is 0 Å². The van der Waals surface area contributed by atoms with E-state index in [9.17, 15) is 4.79 Å². The molecule has 0 amide bonds. The van der Waals surface area contributed by atoms with Gasteiger partial charge in [0.15, 0.2) is 5.11 Å². The summed E-state index contributed by atoms with van der Waals surface area (Å²) in [6, 6.07) is 7.37. The lowest BCUT2D eigenvalue weighted by molar-refractivity contribution is -0.137. The third kappa shape index (κ3) is 4.65. The Balaban J connectivity index is 2.83. The predicted octanol–water partition coefficient (Wildman–Crippen LogP) is 1.92. The number of thiocarbonyl (C=S) groups is 1. The minimum Gasteiger partial charge on any atom is -0.463 e. The van der Waals surface area contributed by atoms with Crippen molar-refractivity contribution in [2.45, 2.75) is 6.92 Å². The third-order valence-electron chi connectivity index (χ3n) is 1.90. The zero-order chi connectivity index (χ0) is 12.7. The summed E-state index contributed by atoms with van der Waals surface area (Å²) < 4.78 is 4.79. The molecule has 1 rings (SSSR count). The maximum atomic E-state index is 11.2. The van der Waals surface area contributed by atoms with Crippen LogP contribution in [-0.2, 0) is 9.53 Å². The number of anilines is 1. The molecule has 0 fully saturated rings. The van der Waals surface area contributed by atoms with Crippen LogP contribution in [0.15, 0.2) is 30.3 Å². The number of nitrogens with two attached hydrogens (primary N) is 1. The number of carbonyl (C=O) groups is 1. The summed E-state index contributed by atoms with van der Waals surface area (Å²) >= 11 is 4.77. The Morgan fingerprint density at radius 3 is 2.88 bits per heavy atom. The van der Waals surface area contributed by atoms with E-state index in [1.807, 2.05) is 24.3 Å². The van der Waals surface area contributed by atoms with Crippen molar-refractivity contribution in [2.24, 2.45) is 5.73 Å². The van der Waals surface area contributed by atoms with E-state index >= 15 is 0 Å². The molecule has 0 saturated heterocycles. The van der Waals surface area contributed by atoms with Crippen LogP contribution in [-0.4, -0.2) is 17.7 Å². The molecule has 0 radical (unpaired) electrons. The monoisotopic (exact) mass is 250 g/mol. The van der Waals surface area contributed by atoms with Gasteiger partial charge in [-0.25, -0.2) is 4.79 Å². The maximum Gasteiger partial charge on any atom is 0.330 e. The largest absolute Gasteiger partial charge is 0.463 e. The summed E-state index contributed by atoms with van der Waals surface area (Å²) in [4.78, 5) is 11.2. The van der Waals surface area contributed by atoms with E-state index in [4.69, 9.17) is 22.7 Å². The molecule has 0 unspecified atom stereocenters. The molecule has 0 aliphatic heterocycles. The van der Waals surface area contributed by atoms with Gasteiger partial charge in [-0.1, -0.05) is 18.2 Å². The quantitative estimate of drug-likeness (QED) is 0.485. The molecule has 0 aliphatic rings. The van der Waals surface area contributed by atoms with Crippen molar-refractivity contribution in [3.63, 3.8) is 0 Å². The van der Waals surface area contributed by atoms with Gasteiger partial charge in [0, 0.05) is 11.8 Å². The first-order valence-corrected chi connectivity index (χ1v) is 5.54. The minimum absolute atomic E-state index is 0.182. The van der Waals surface area contributed by atoms with Crippen LogP contribution in [0.3, 0.4) is 0 Å². The fourth-order valence-electron chi connectivity index (χ4n) is 1.24. The van der Waals surface area contributed by atoms with Crippen LogP contribution < -0.4 is 11.1 Å². The molecule has 0 atom stereocenters. The fraction of sp³-hybridized carbons (Fsp3) is 0.167. The third-order valence-corrected chi connectivity index (χ3v) is 2.01. The van der Waals surface area contributed by atoms with Crippen molar-refractivity contribution in [3.05, 3.63) is 35.9 Å². The van der Waals surface area contributed by atoms with E-state index in [0.29, 0.717) is 6.61 Å². The fourth-order valence-corrected chi connectivity index (χ4v) is 1.35. The van der Waals surface area contributed by atoms with E-state index in [0.717, 1.165) is 11.3 Å². The first kappa shape index (κ1) is 13.2. The normalized spacial score (nSPS) is 10.2. The molecule has 5 heteroatoms. The Hall–Kier alpha value is -1.88. The molecule has 0 spiro atoms. The smallest absolute Gasteiger partial charge is 0.330 e. The highest BCUT2D eigenvalue weighted by atomic mass is 32.1. The van der Waals surface area contributed by atoms with Crippen LogP contribution in [0.5, 0.6) is 0 Å². The Kier molecular flexibility index (Phi) is 5.16. The summed E-state index contributed by atoms with van der Waals surface area (Å²) in [5.41, 5.74) is 6.97. The number of esters is 1. The highest BCUT2D eigenvalue weighted by Crippen LogP contribution is 2.16. The van der Waals surface area contributed by atoms with Gasteiger partial charge < -0.3 is 15.8 Å². The molecular weight excluding hydrogens is 236 g/mol. The van der Waals surface area contributed by atoms with E-state index in [1.54, 1.807) is 13.0 Å². The molecule has 3 N–H and O–H groups in total. The van der Waals surface area contributed by atoms with Crippen LogP contribution in [0, 0.1) is 0 Å². The summed E-state index contributed by atoms with van der Waals surface area (Å²) in [6.07, 6.45) is 3.02. The highest BCUT2D eigenvalue weighted by Gasteiger charge is 2.00. The van der Waals surface area contributed by atoms with Crippen LogP contribution >= 0.6 is 12.2 Å². The number of rotatable bonds is 4. The Morgan fingerprint density at radius 1 is 1.53 bits per heavy atom. The van der Waals surface area contributed by atoms with Gasteiger partial charge in [-0.3, -0.25) is 0 Å². The first-order chi connectivity index (χ1) is 8.13. The average molecular weight is 250 g/mol. The number of ether oxygens (including phenoxy) is 1. The van der Waals surface area contributed by atoms with Gasteiger partial charge in [0.1, 0.15) is 0 Å². The van der Waals surface area contributed by atoms with Crippen molar-refractivity contribution in [3.8, 4) is 0 Å². The van der Waals surface area contributed by atoms with Gasteiger partial charge in [0.05, 0.1) is 6.61 Å². The summed E-state index contributed by atoms with van der Waals surface area (Å²) in [6.45, 7) is 2.12. The SMILES string of the molecule is CCOC(=O)C=Cc1ccccc1NC(N)=S. The number of hydrogen-bond donors (Lipinski definition) is 2. The zero-order valence-electron chi connectivity index (χ0n) is 9.47. The van der Waals surface area contributed by atoms with Gasteiger partial charge in [0.25, 0.3) is 0 Å². The Labute approximate surface area is 105 Å². The molecule has 0 bridgehead atoms. The standard InChI is InChI=1S/C12H14N2O2S/c1-2-16-11(15)8-7-9-5-3-4-6-10(9)14-12(13)17/h3-8H,2H2,1H3,(H3,13,14,17). The molecule has 90 valence electrons. The predicted molar refractivity (Wildman–Crippen MR) is 72.5 cm³/mol. The Morgan fingerprint density at radius 2 is 2.24 bits per heavy atom. The number of benzene rings is 1. The molecular formula is C12H14N2O2S. The van der Waals surface area contributed by atoms with Crippen molar-refractivity contribution in [1.29, 1.82) is 0 Å². The average Bonchev–Trinajstić information content (AvgIpc) is 2.27. The van der Waals surface area contributed by atoms with Crippen molar-refractivity contribution < 1.29 is 9.53 Å². The Bertz CT molecular complexity index is 444. The van der Waals surface area contributed by atoms with E-state index in [2.05, 4.69) is 5.32 Å². The lowest BCUT2D eigenvalue weighted by Gasteiger charge is -2.07. The zero-order valence-corrected chi connectivity index (χ0v) is 10.3. The lowest BCUT2D eigenvalue weighted by Crippen LogP contribution is -2.19. The highest BCUT2D eigenvalue weighted by molar-refractivity contribution is 7.80. The van der Waals surface area contributed by atoms with Crippen molar-refractivity contribution >= 4 is 35.1 Å². The second-order valence-corrected chi connectivity index (χ2v) is 3.60. The summed E-state index contributed by atoms with van der Waals surface area (Å²) in [5.74, 6) is -0.377. The molecule has 1 aromatic carbocycles. The summed E-state index contributed by atoms with van der Waals surface area (Å²) in [7, 11) is 0. The number of nitrogens with one attached hydrogen (secondary N) is 1. The molecule has 0 aromatic heterocycles. The van der Waals surface area contributed by atoms with Gasteiger partial charge >= 0.3 is 5.97 Å². The van der Waals surface area contributed by atoms with E-state index < -0.39 is 0 Å². The lowest BCUT2D eigenvalue weighted by atomic mass is 10.1. The first-order valence-electron chi connectivity index (χ1n) is 5.13. The maximum absolute atomic E-state index is 11.2. The van der Waals surface area contributed by atoms with Crippen LogP contribution in [0.2, 0.25) is 0 Å². The van der Waals surface area contributed by atoms with Gasteiger partial charge in [-0.15, -0.1) is 0 Å². The number of carbonyl (C=O) groups excluding carboxylic acids is 1. The van der Waals surface area contributed by atoms with Gasteiger partial charge in [-0.05, 0) is 36.8 Å². The minimum atomic E-state index is -0.377. The summed E-state index contributed by atoms with van der Waals surface area (Å²) in [5, 5.41) is 3.02. The molecule has 0 heterocycles. The van der Waals surface area contributed by atoms with E-state index in [-0.39, 0.29) is 11.1 Å². The van der Waals surface area contributed by atoms with Crippen LogP contribution in [0.4, 0.5) is 5.69 Å². The molecule has 4 nitrogen and oxygen atoms in total. The number of hydrogen-bond acceptors (Lipinski definition) is 3. The van der Waals surface area contributed by atoms with Crippen molar-refractivity contribution in [1.82, 2.24) is 0 Å². The second kappa shape index (κ2) is 6.65.